The zero-order valence-corrected chi connectivity index (χ0v) is 15.0. The molecule has 5 nitrogen and oxygen atoms in total. The number of hydrogen-bond acceptors (Lipinski definition) is 3. The number of nitrogens with zero attached hydrogens (tertiary/aromatic N) is 1. The van der Waals surface area contributed by atoms with Gasteiger partial charge >= 0.3 is 5.97 Å². The summed E-state index contributed by atoms with van der Waals surface area (Å²) in [5.74, 6) is -1.15. The summed E-state index contributed by atoms with van der Waals surface area (Å²) in [7, 11) is 1.61. The van der Waals surface area contributed by atoms with Gasteiger partial charge in [0.1, 0.15) is 5.75 Å². The molecule has 2 aromatic carbocycles. The third-order valence-electron chi connectivity index (χ3n) is 5.03. The van der Waals surface area contributed by atoms with Gasteiger partial charge in [0.05, 0.1) is 18.9 Å². The molecule has 0 fully saturated rings. The Hall–Kier alpha value is -2.82. The maximum Gasteiger partial charge on any atom is 0.312 e. The van der Waals surface area contributed by atoms with Gasteiger partial charge in [0, 0.05) is 13.1 Å². The van der Waals surface area contributed by atoms with Crippen molar-refractivity contribution >= 4 is 11.9 Å². The molecular formula is C21H23NO4. The summed E-state index contributed by atoms with van der Waals surface area (Å²) in [5, 5.41) is 9.60. The van der Waals surface area contributed by atoms with Crippen LogP contribution in [0.3, 0.4) is 0 Å². The summed E-state index contributed by atoms with van der Waals surface area (Å²) in [6, 6.07) is 15.0. The monoisotopic (exact) mass is 353 g/mol. The van der Waals surface area contributed by atoms with Gasteiger partial charge in [0.15, 0.2) is 0 Å². The van der Waals surface area contributed by atoms with E-state index < -0.39 is 11.9 Å². The van der Waals surface area contributed by atoms with Crippen molar-refractivity contribution in [3.63, 3.8) is 0 Å². The summed E-state index contributed by atoms with van der Waals surface area (Å²) >= 11 is 0. The van der Waals surface area contributed by atoms with Crippen LogP contribution in [0.15, 0.2) is 48.5 Å². The average molecular weight is 353 g/mol. The molecule has 2 atom stereocenters. The van der Waals surface area contributed by atoms with Crippen LogP contribution in [0.1, 0.15) is 41.9 Å². The highest BCUT2D eigenvalue weighted by Gasteiger charge is 2.34. The van der Waals surface area contributed by atoms with Gasteiger partial charge in [-0.1, -0.05) is 43.3 Å². The third kappa shape index (κ3) is 3.43. The minimum atomic E-state index is -0.896. The van der Waals surface area contributed by atoms with Crippen LogP contribution < -0.4 is 4.74 Å². The number of aliphatic carboxylic acids is 1. The first-order chi connectivity index (χ1) is 12.5. The van der Waals surface area contributed by atoms with Crippen molar-refractivity contribution in [2.45, 2.75) is 31.7 Å². The first kappa shape index (κ1) is 18.0. The zero-order valence-electron chi connectivity index (χ0n) is 15.0. The number of ether oxygens (including phenoxy) is 1. The Morgan fingerprint density at radius 1 is 1.19 bits per heavy atom. The lowest BCUT2D eigenvalue weighted by atomic mass is 9.88. The summed E-state index contributed by atoms with van der Waals surface area (Å²) in [4.78, 5) is 26.6. The average Bonchev–Trinajstić information content (AvgIpc) is 2.68. The summed E-state index contributed by atoms with van der Waals surface area (Å²) in [6.45, 7) is 2.63. The van der Waals surface area contributed by atoms with Crippen molar-refractivity contribution in [1.29, 1.82) is 0 Å². The normalized spacial score (nSPS) is 17.3. The fourth-order valence-corrected chi connectivity index (χ4v) is 3.60. The molecule has 0 saturated carbocycles. The Kier molecular flexibility index (Phi) is 5.26. The number of benzene rings is 2. The minimum absolute atomic E-state index is 0.0292. The molecule has 3 rings (SSSR count). The molecule has 0 aliphatic carbocycles. The lowest BCUT2D eigenvalue weighted by Gasteiger charge is -2.35. The number of carboxylic acid groups (broad SMARTS) is 1. The second-order valence-corrected chi connectivity index (χ2v) is 6.54. The van der Waals surface area contributed by atoms with E-state index in [9.17, 15) is 14.7 Å². The van der Waals surface area contributed by atoms with Crippen LogP contribution >= 0.6 is 0 Å². The molecule has 5 heteroatoms. The molecule has 0 bridgehead atoms. The van der Waals surface area contributed by atoms with E-state index in [0.29, 0.717) is 13.0 Å². The highest BCUT2D eigenvalue weighted by molar-refractivity contribution is 5.86. The Morgan fingerprint density at radius 3 is 2.50 bits per heavy atom. The first-order valence-corrected chi connectivity index (χ1v) is 8.78. The Bertz CT molecular complexity index is 800. The molecule has 2 aromatic rings. The topological polar surface area (TPSA) is 66.8 Å². The van der Waals surface area contributed by atoms with E-state index in [1.165, 1.54) is 0 Å². The molecule has 136 valence electrons. The second-order valence-electron chi connectivity index (χ2n) is 6.54. The third-order valence-corrected chi connectivity index (χ3v) is 5.03. The van der Waals surface area contributed by atoms with E-state index in [4.69, 9.17) is 4.74 Å². The molecule has 0 aromatic heterocycles. The van der Waals surface area contributed by atoms with E-state index in [1.54, 1.807) is 12.0 Å². The number of rotatable bonds is 5. The van der Waals surface area contributed by atoms with Gasteiger partial charge in [-0.15, -0.1) is 0 Å². The number of carbonyl (C=O) groups is 2. The molecule has 0 saturated heterocycles. The van der Waals surface area contributed by atoms with Gasteiger partial charge in [-0.25, -0.2) is 0 Å². The maximum absolute atomic E-state index is 13.2. The fourth-order valence-electron chi connectivity index (χ4n) is 3.60. The molecular weight excluding hydrogens is 330 g/mol. The van der Waals surface area contributed by atoms with Crippen molar-refractivity contribution in [3.05, 3.63) is 65.2 Å². The van der Waals surface area contributed by atoms with Crippen LogP contribution in [0.25, 0.3) is 0 Å². The van der Waals surface area contributed by atoms with Gasteiger partial charge in [-0.2, -0.15) is 0 Å². The van der Waals surface area contributed by atoms with E-state index in [2.05, 4.69) is 0 Å². The number of fused-ring (bicyclic) bond motifs is 1. The lowest BCUT2D eigenvalue weighted by Crippen LogP contribution is -2.42. The Balaban J connectivity index is 1.87. The van der Waals surface area contributed by atoms with Gasteiger partial charge in [0.2, 0.25) is 5.91 Å². The van der Waals surface area contributed by atoms with E-state index in [-0.39, 0.29) is 18.4 Å². The smallest absolute Gasteiger partial charge is 0.312 e. The molecule has 1 aliphatic heterocycles. The van der Waals surface area contributed by atoms with Crippen LogP contribution in [-0.2, 0) is 16.1 Å². The Labute approximate surface area is 153 Å². The SMILES string of the molecule is CCC(C(=O)N1Cc2ccccc2C(C(=O)O)C1)c1ccc(OC)cc1. The van der Waals surface area contributed by atoms with E-state index in [0.717, 1.165) is 22.4 Å². The molecule has 1 N–H and O–H groups in total. The van der Waals surface area contributed by atoms with E-state index >= 15 is 0 Å². The van der Waals surface area contributed by atoms with E-state index in [1.807, 2.05) is 55.5 Å². The summed E-state index contributed by atoms with van der Waals surface area (Å²) < 4.78 is 5.18. The van der Waals surface area contributed by atoms with Crippen molar-refractivity contribution in [2.75, 3.05) is 13.7 Å². The maximum atomic E-state index is 13.2. The standard InChI is InChI=1S/C21H23NO4/c1-3-17(14-8-10-16(26-2)11-9-14)20(23)22-12-15-6-4-5-7-18(15)19(13-22)21(24)25/h4-11,17,19H,3,12-13H2,1-2H3,(H,24,25). The predicted molar refractivity (Wildman–Crippen MR) is 98.3 cm³/mol. The second kappa shape index (κ2) is 7.60. The van der Waals surface area contributed by atoms with Crippen LogP contribution in [0.5, 0.6) is 5.75 Å². The number of hydrogen-bond donors (Lipinski definition) is 1. The number of methoxy groups -OCH3 is 1. The quantitative estimate of drug-likeness (QED) is 0.895. The molecule has 2 unspecified atom stereocenters. The van der Waals surface area contributed by atoms with Gasteiger partial charge < -0.3 is 14.7 Å². The van der Waals surface area contributed by atoms with Crippen molar-refractivity contribution < 1.29 is 19.4 Å². The molecule has 1 heterocycles. The van der Waals surface area contributed by atoms with Gasteiger partial charge in [-0.05, 0) is 35.2 Å². The summed E-state index contributed by atoms with van der Waals surface area (Å²) in [5.41, 5.74) is 2.63. The van der Waals surface area contributed by atoms with Crippen LogP contribution in [0.2, 0.25) is 0 Å². The van der Waals surface area contributed by atoms with Crippen molar-refractivity contribution in [3.8, 4) is 5.75 Å². The fraction of sp³-hybridized carbons (Fsp3) is 0.333. The zero-order chi connectivity index (χ0) is 18.7. The van der Waals surface area contributed by atoms with Crippen molar-refractivity contribution in [1.82, 2.24) is 4.90 Å². The number of carboxylic acids is 1. The number of carbonyl (C=O) groups excluding carboxylic acids is 1. The first-order valence-electron chi connectivity index (χ1n) is 8.78. The van der Waals surface area contributed by atoms with Gasteiger partial charge in [0.25, 0.3) is 0 Å². The minimum Gasteiger partial charge on any atom is -0.497 e. The molecule has 0 radical (unpaired) electrons. The predicted octanol–water partition coefficient (Wildman–Crippen LogP) is 3.40. The number of amides is 1. The van der Waals surface area contributed by atoms with Crippen LogP contribution in [-0.4, -0.2) is 35.5 Å². The molecule has 26 heavy (non-hydrogen) atoms. The summed E-state index contributed by atoms with van der Waals surface area (Å²) in [6.07, 6.45) is 0.654. The highest BCUT2D eigenvalue weighted by atomic mass is 16.5. The Morgan fingerprint density at radius 2 is 1.88 bits per heavy atom. The highest BCUT2D eigenvalue weighted by Crippen LogP contribution is 2.32. The van der Waals surface area contributed by atoms with Gasteiger partial charge in [-0.3, -0.25) is 9.59 Å². The molecule has 1 amide bonds. The molecule has 1 aliphatic rings. The van der Waals surface area contributed by atoms with Crippen molar-refractivity contribution in [2.24, 2.45) is 0 Å². The molecule has 0 spiro atoms. The van der Waals surface area contributed by atoms with Crippen LogP contribution in [0, 0.1) is 0 Å². The largest absolute Gasteiger partial charge is 0.497 e. The van der Waals surface area contributed by atoms with Crippen LogP contribution in [0.4, 0.5) is 0 Å². The lowest BCUT2D eigenvalue weighted by molar-refractivity contribution is -0.141.